The van der Waals surface area contributed by atoms with E-state index in [1.165, 1.54) is 0 Å². The van der Waals surface area contributed by atoms with Crippen molar-refractivity contribution in [1.29, 1.82) is 0 Å². The van der Waals surface area contributed by atoms with Crippen molar-refractivity contribution in [2.45, 2.75) is 13.0 Å². The maximum Gasteiger partial charge on any atom is 0.255 e. The molecule has 0 N–H and O–H groups in total. The number of carbonyl (C=O) groups excluding carboxylic acids is 1. The lowest BCUT2D eigenvalue weighted by molar-refractivity contribution is -0.0192. The summed E-state index contributed by atoms with van der Waals surface area (Å²) in [4.78, 5) is 14.1. The van der Waals surface area contributed by atoms with Crippen molar-refractivity contribution in [1.82, 2.24) is 14.5 Å². The minimum absolute atomic E-state index is 0.00682. The van der Waals surface area contributed by atoms with Gasteiger partial charge in [-0.15, -0.1) is 0 Å². The molecule has 0 aromatic carbocycles. The van der Waals surface area contributed by atoms with Crippen LogP contribution in [0.5, 0.6) is 0 Å². The van der Waals surface area contributed by atoms with E-state index in [1.54, 1.807) is 35.0 Å². The van der Waals surface area contributed by atoms with E-state index in [0.717, 1.165) is 11.1 Å². The number of methoxy groups -OCH3 is 1. The first-order valence-electron chi connectivity index (χ1n) is 6.06. The summed E-state index contributed by atoms with van der Waals surface area (Å²) in [5.74, 6) is 0.00682. The van der Waals surface area contributed by atoms with E-state index in [4.69, 9.17) is 16.3 Å². The number of rotatable bonds is 2. The summed E-state index contributed by atoms with van der Waals surface area (Å²) in [5, 5.41) is 4.78. The van der Waals surface area contributed by atoms with Crippen LogP contribution in [0.15, 0.2) is 18.5 Å². The van der Waals surface area contributed by atoms with Crippen LogP contribution in [0.3, 0.4) is 0 Å². The maximum atomic E-state index is 12.4. The van der Waals surface area contributed by atoms with Gasteiger partial charge in [0.25, 0.3) is 5.91 Å². The third-order valence-corrected chi connectivity index (χ3v) is 3.88. The van der Waals surface area contributed by atoms with Gasteiger partial charge < -0.3 is 9.64 Å². The third kappa shape index (κ3) is 1.89. The number of nitrogens with zero attached hydrogens (tertiary/aromatic N) is 3. The van der Waals surface area contributed by atoms with Crippen molar-refractivity contribution in [3.8, 4) is 0 Å². The predicted molar refractivity (Wildman–Crippen MR) is 71.6 cm³/mol. The van der Waals surface area contributed by atoms with Gasteiger partial charge in [0.2, 0.25) is 0 Å². The Morgan fingerprint density at radius 3 is 2.89 bits per heavy atom. The molecule has 0 spiro atoms. The number of hydrogen-bond acceptors (Lipinski definition) is 3. The smallest absolute Gasteiger partial charge is 0.255 e. The molecule has 19 heavy (non-hydrogen) atoms. The van der Waals surface area contributed by atoms with Crippen LogP contribution in [-0.2, 0) is 4.74 Å². The number of carbonyl (C=O) groups is 1. The Labute approximate surface area is 115 Å². The number of halogens is 1. The molecule has 0 saturated carbocycles. The molecule has 3 rings (SSSR count). The molecule has 0 radical (unpaired) electrons. The monoisotopic (exact) mass is 279 g/mol. The highest BCUT2D eigenvalue weighted by molar-refractivity contribution is 6.34. The summed E-state index contributed by atoms with van der Waals surface area (Å²) >= 11 is 6.15. The van der Waals surface area contributed by atoms with E-state index >= 15 is 0 Å². The number of aryl methyl sites for hydroxylation is 1. The number of aromatic nitrogens is 2. The van der Waals surface area contributed by atoms with Gasteiger partial charge in [-0.3, -0.25) is 4.79 Å². The first kappa shape index (κ1) is 12.4. The van der Waals surface area contributed by atoms with Gasteiger partial charge in [0.05, 0.1) is 22.2 Å². The van der Waals surface area contributed by atoms with Gasteiger partial charge in [-0.25, -0.2) is 4.52 Å². The van der Waals surface area contributed by atoms with Gasteiger partial charge in [-0.05, 0) is 18.6 Å². The molecule has 1 amide bonds. The van der Waals surface area contributed by atoms with Crippen molar-refractivity contribution in [3.63, 3.8) is 0 Å². The molecule has 2 aromatic heterocycles. The fourth-order valence-electron chi connectivity index (χ4n) is 2.35. The second kappa shape index (κ2) is 4.51. The fraction of sp³-hybridized carbons (Fsp3) is 0.385. The Bertz CT molecular complexity index is 647. The second-order valence-electron chi connectivity index (χ2n) is 4.71. The molecule has 1 aliphatic heterocycles. The lowest BCUT2D eigenvalue weighted by Gasteiger charge is -2.38. The Kier molecular flexibility index (Phi) is 2.95. The van der Waals surface area contributed by atoms with E-state index in [1.807, 2.05) is 6.92 Å². The van der Waals surface area contributed by atoms with Gasteiger partial charge in [0.15, 0.2) is 0 Å². The van der Waals surface area contributed by atoms with Gasteiger partial charge in [-0.2, -0.15) is 5.10 Å². The fourth-order valence-corrected chi connectivity index (χ4v) is 2.64. The summed E-state index contributed by atoms with van der Waals surface area (Å²) in [6, 6.07) is 1.72. The number of likely N-dealkylation sites (tertiary alicyclic amines) is 1. The molecule has 1 fully saturated rings. The summed E-state index contributed by atoms with van der Waals surface area (Å²) in [6.45, 7) is 3.17. The lowest BCUT2D eigenvalue weighted by Crippen LogP contribution is -2.54. The Morgan fingerprint density at radius 2 is 2.26 bits per heavy atom. The molecule has 5 nitrogen and oxygen atoms in total. The standard InChI is InChI=1S/C13H14ClN3O2/c1-8-10(13(18)16-5-9(6-16)19-2)7-17-12(8)11(14)3-4-15-17/h3-4,7,9H,5-6H2,1-2H3. The predicted octanol–water partition coefficient (Wildman–Crippen LogP) is 1.77. The van der Waals surface area contributed by atoms with Gasteiger partial charge in [0.1, 0.15) is 0 Å². The normalized spacial score (nSPS) is 15.8. The topological polar surface area (TPSA) is 46.8 Å². The van der Waals surface area contributed by atoms with Crippen molar-refractivity contribution in [2.24, 2.45) is 0 Å². The number of fused-ring (bicyclic) bond motifs is 1. The highest BCUT2D eigenvalue weighted by atomic mass is 35.5. The van der Waals surface area contributed by atoms with Crippen molar-refractivity contribution >= 4 is 23.0 Å². The molecule has 2 aromatic rings. The Hall–Kier alpha value is -1.59. The zero-order valence-electron chi connectivity index (χ0n) is 10.8. The number of amides is 1. The van der Waals surface area contributed by atoms with Crippen LogP contribution in [0.25, 0.3) is 5.52 Å². The highest BCUT2D eigenvalue weighted by Gasteiger charge is 2.32. The van der Waals surface area contributed by atoms with Gasteiger partial charge >= 0.3 is 0 Å². The summed E-state index contributed by atoms with van der Waals surface area (Å²) in [6.07, 6.45) is 3.51. The maximum absolute atomic E-state index is 12.4. The molecular weight excluding hydrogens is 266 g/mol. The average molecular weight is 280 g/mol. The molecule has 0 aliphatic carbocycles. The Morgan fingerprint density at radius 1 is 1.53 bits per heavy atom. The molecule has 0 bridgehead atoms. The van der Waals surface area contributed by atoms with E-state index in [2.05, 4.69) is 5.10 Å². The zero-order valence-corrected chi connectivity index (χ0v) is 11.5. The largest absolute Gasteiger partial charge is 0.378 e. The summed E-state index contributed by atoms with van der Waals surface area (Å²) in [5.41, 5.74) is 2.30. The van der Waals surface area contributed by atoms with Crippen molar-refractivity contribution in [2.75, 3.05) is 20.2 Å². The minimum atomic E-state index is 0.00682. The molecule has 0 atom stereocenters. The number of ether oxygens (including phenoxy) is 1. The highest BCUT2D eigenvalue weighted by Crippen LogP contribution is 2.26. The third-order valence-electron chi connectivity index (χ3n) is 3.58. The van der Waals surface area contributed by atoms with Crippen LogP contribution in [0.1, 0.15) is 15.9 Å². The van der Waals surface area contributed by atoms with Crippen LogP contribution >= 0.6 is 11.6 Å². The SMILES string of the molecule is COC1CN(C(=O)c2cn3nccc(Cl)c3c2C)C1. The van der Waals surface area contributed by atoms with Crippen LogP contribution in [0.2, 0.25) is 5.02 Å². The average Bonchev–Trinajstić information content (AvgIpc) is 2.66. The summed E-state index contributed by atoms with van der Waals surface area (Å²) < 4.78 is 6.83. The van der Waals surface area contributed by atoms with Crippen molar-refractivity contribution < 1.29 is 9.53 Å². The van der Waals surface area contributed by atoms with E-state index < -0.39 is 0 Å². The van der Waals surface area contributed by atoms with E-state index in [0.29, 0.717) is 23.7 Å². The quantitative estimate of drug-likeness (QED) is 0.842. The zero-order chi connectivity index (χ0) is 13.6. The van der Waals surface area contributed by atoms with Gasteiger partial charge in [-0.1, -0.05) is 11.6 Å². The lowest BCUT2D eigenvalue weighted by atomic mass is 10.1. The first-order chi connectivity index (χ1) is 9.11. The van der Waals surface area contributed by atoms with Crippen LogP contribution < -0.4 is 0 Å². The van der Waals surface area contributed by atoms with Crippen LogP contribution in [0, 0.1) is 6.92 Å². The molecule has 3 heterocycles. The second-order valence-corrected chi connectivity index (χ2v) is 5.12. The van der Waals surface area contributed by atoms with Crippen molar-refractivity contribution in [3.05, 3.63) is 34.6 Å². The molecular formula is C13H14ClN3O2. The summed E-state index contributed by atoms with van der Waals surface area (Å²) in [7, 11) is 1.66. The Balaban J connectivity index is 1.95. The molecule has 6 heteroatoms. The molecule has 0 unspecified atom stereocenters. The van der Waals surface area contributed by atoms with E-state index in [9.17, 15) is 4.79 Å². The van der Waals surface area contributed by atoms with Crippen LogP contribution in [0.4, 0.5) is 0 Å². The first-order valence-corrected chi connectivity index (χ1v) is 6.44. The number of hydrogen-bond donors (Lipinski definition) is 0. The van der Waals surface area contributed by atoms with Gasteiger partial charge in [0, 0.05) is 32.6 Å². The molecule has 100 valence electrons. The van der Waals surface area contributed by atoms with Crippen LogP contribution in [-0.4, -0.2) is 46.7 Å². The van der Waals surface area contributed by atoms with E-state index in [-0.39, 0.29) is 12.0 Å². The molecule has 1 saturated heterocycles. The molecule has 1 aliphatic rings. The minimum Gasteiger partial charge on any atom is -0.378 e.